The van der Waals surface area contributed by atoms with Gasteiger partial charge < -0.3 is 24.1 Å². The van der Waals surface area contributed by atoms with E-state index in [-0.39, 0.29) is 12.6 Å². The van der Waals surface area contributed by atoms with Crippen molar-refractivity contribution in [2.75, 3.05) is 26.9 Å². The fourth-order valence-electron chi connectivity index (χ4n) is 2.70. The second kappa shape index (κ2) is 11.3. The first-order chi connectivity index (χ1) is 13.6. The number of aliphatic hydroxyl groups is 1. The Morgan fingerprint density at radius 3 is 2.43 bits per heavy atom. The number of benzene rings is 2. The minimum absolute atomic E-state index is 0.122. The summed E-state index contributed by atoms with van der Waals surface area (Å²) in [4.78, 5) is 12.0. The summed E-state index contributed by atoms with van der Waals surface area (Å²) in [6, 6.07) is 14.6. The maximum atomic E-state index is 12.0. The third-order valence-electron chi connectivity index (χ3n) is 4.15. The quantitative estimate of drug-likeness (QED) is 0.595. The normalized spacial score (nSPS) is 12.9. The van der Waals surface area contributed by atoms with Gasteiger partial charge in [-0.3, -0.25) is 0 Å². The average molecular weight is 388 g/mol. The van der Waals surface area contributed by atoms with E-state index in [0.29, 0.717) is 31.1 Å². The van der Waals surface area contributed by atoms with Gasteiger partial charge in [-0.2, -0.15) is 0 Å². The molecule has 0 fully saturated rings. The van der Waals surface area contributed by atoms with Crippen molar-refractivity contribution >= 4 is 5.97 Å². The third-order valence-corrected chi connectivity index (χ3v) is 4.15. The van der Waals surface area contributed by atoms with E-state index in [0.717, 1.165) is 11.1 Å². The van der Waals surface area contributed by atoms with Gasteiger partial charge in [-0.15, -0.1) is 0 Å². The predicted octanol–water partition coefficient (Wildman–Crippen LogP) is 3.32. The molecule has 2 rings (SSSR count). The van der Waals surface area contributed by atoms with Crippen LogP contribution < -0.4 is 9.47 Å². The summed E-state index contributed by atoms with van der Waals surface area (Å²) < 4.78 is 21.4. The SMILES string of the molecule is CCOC(=O)[C@H](Cc1ccc(OC[C@H](O)c2cccc(OC)c2)cc1)OCC. The summed E-state index contributed by atoms with van der Waals surface area (Å²) in [6.45, 7) is 4.50. The number of hydrogen-bond acceptors (Lipinski definition) is 6. The van der Waals surface area contributed by atoms with E-state index in [2.05, 4.69) is 0 Å². The van der Waals surface area contributed by atoms with Crippen molar-refractivity contribution in [2.45, 2.75) is 32.5 Å². The molecule has 0 aliphatic carbocycles. The Balaban J connectivity index is 1.91. The number of carbonyl (C=O) groups excluding carboxylic acids is 1. The van der Waals surface area contributed by atoms with Gasteiger partial charge in [0.2, 0.25) is 0 Å². The molecule has 6 nitrogen and oxygen atoms in total. The van der Waals surface area contributed by atoms with Crippen LogP contribution in [0, 0.1) is 0 Å². The molecule has 0 spiro atoms. The zero-order valence-corrected chi connectivity index (χ0v) is 16.6. The zero-order valence-electron chi connectivity index (χ0n) is 16.6. The lowest BCUT2D eigenvalue weighted by atomic mass is 10.1. The van der Waals surface area contributed by atoms with Crippen molar-refractivity contribution in [2.24, 2.45) is 0 Å². The van der Waals surface area contributed by atoms with Crippen LogP contribution in [0.3, 0.4) is 0 Å². The van der Waals surface area contributed by atoms with Gasteiger partial charge in [-0.05, 0) is 49.2 Å². The Bertz CT molecular complexity index is 728. The van der Waals surface area contributed by atoms with E-state index in [1.165, 1.54) is 0 Å². The second-order valence-corrected chi connectivity index (χ2v) is 6.15. The third kappa shape index (κ3) is 6.55. The molecular weight excluding hydrogens is 360 g/mol. The highest BCUT2D eigenvalue weighted by atomic mass is 16.6. The zero-order chi connectivity index (χ0) is 20.4. The Kier molecular flexibility index (Phi) is 8.78. The van der Waals surface area contributed by atoms with Crippen molar-refractivity contribution in [3.8, 4) is 11.5 Å². The molecule has 2 atom stereocenters. The maximum absolute atomic E-state index is 12.0. The minimum Gasteiger partial charge on any atom is -0.497 e. The van der Waals surface area contributed by atoms with Gasteiger partial charge in [0.1, 0.15) is 24.2 Å². The van der Waals surface area contributed by atoms with Gasteiger partial charge >= 0.3 is 5.97 Å². The molecule has 0 amide bonds. The molecule has 0 saturated heterocycles. The molecule has 0 unspecified atom stereocenters. The van der Waals surface area contributed by atoms with Crippen LogP contribution in [0.4, 0.5) is 0 Å². The van der Waals surface area contributed by atoms with Crippen molar-refractivity contribution < 1.29 is 28.8 Å². The number of hydrogen-bond donors (Lipinski definition) is 1. The van der Waals surface area contributed by atoms with Gasteiger partial charge in [0.05, 0.1) is 13.7 Å². The lowest BCUT2D eigenvalue weighted by molar-refractivity contribution is -0.156. The highest BCUT2D eigenvalue weighted by molar-refractivity contribution is 5.75. The molecule has 0 radical (unpaired) electrons. The van der Waals surface area contributed by atoms with Gasteiger partial charge in [0, 0.05) is 13.0 Å². The highest BCUT2D eigenvalue weighted by Gasteiger charge is 2.20. The Morgan fingerprint density at radius 1 is 1.04 bits per heavy atom. The van der Waals surface area contributed by atoms with E-state index in [1.54, 1.807) is 20.1 Å². The van der Waals surface area contributed by atoms with Gasteiger partial charge in [-0.25, -0.2) is 4.79 Å². The first-order valence-corrected chi connectivity index (χ1v) is 9.39. The number of methoxy groups -OCH3 is 1. The van der Waals surface area contributed by atoms with E-state index < -0.39 is 12.2 Å². The molecule has 0 heterocycles. The van der Waals surface area contributed by atoms with E-state index >= 15 is 0 Å². The highest BCUT2D eigenvalue weighted by Crippen LogP contribution is 2.21. The molecule has 0 saturated carbocycles. The topological polar surface area (TPSA) is 74.2 Å². The van der Waals surface area contributed by atoms with Crippen LogP contribution in [0.2, 0.25) is 0 Å². The maximum Gasteiger partial charge on any atom is 0.335 e. The molecule has 6 heteroatoms. The van der Waals surface area contributed by atoms with Crippen molar-refractivity contribution in [1.29, 1.82) is 0 Å². The molecule has 152 valence electrons. The lowest BCUT2D eigenvalue weighted by Gasteiger charge is -2.16. The summed E-state index contributed by atoms with van der Waals surface area (Å²) in [5.41, 5.74) is 1.66. The Labute approximate surface area is 166 Å². The number of rotatable bonds is 11. The van der Waals surface area contributed by atoms with Crippen LogP contribution in [0.5, 0.6) is 11.5 Å². The summed E-state index contributed by atoms with van der Waals surface area (Å²) >= 11 is 0. The van der Waals surface area contributed by atoms with Gasteiger partial charge in [-0.1, -0.05) is 24.3 Å². The number of aliphatic hydroxyl groups excluding tert-OH is 1. The molecule has 0 aliphatic heterocycles. The van der Waals surface area contributed by atoms with Crippen LogP contribution in [0.25, 0.3) is 0 Å². The second-order valence-electron chi connectivity index (χ2n) is 6.15. The van der Waals surface area contributed by atoms with Gasteiger partial charge in [0.25, 0.3) is 0 Å². The number of esters is 1. The molecule has 2 aromatic carbocycles. The van der Waals surface area contributed by atoms with Crippen LogP contribution in [-0.2, 0) is 20.7 Å². The van der Waals surface area contributed by atoms with Crippen LogP contribution in [0.1, 0.15) is 31.1 Å². The molecule has 28 heavy (non-hydrogen) atoms. The summed E-state index contributed by atoms with van der Waals surface area (Å²) in [7, 11) is 1.58. The fraction of sp³-hybridized carbons (Fsp3) is 0.409. The fourth-order valence-corrected chi connectivity index (χ4v) is 2.70. The van der Waals surface area contributed by atoms with E-state index in [1.807, 2.05) is 49.4 Å². The standard InChI is InChI=1S/C22H28O6/c1-4-26-21(22(24)27-5-2)13-16-9-11-18(12-10-16)28-15-20(23)17-7-6-8-19(14-17)25-3/h6-12,14,20-21,23H,4-5,13,15H2,1-3H3/t20-,21-/m0/s1. The summed E-state index contributed by atoms with van der Waals surface area (Å²) in [5.74, 6) is 0.965. The summed E-state index contributed by atoms with van der Waals surface area (Å²) in [5, 5.41) is 10.3. The van der Waals surface area contributed by atoms with Crippen LogP contribution >= 0.6 is 0 Å². The first kappa shape index (κ1) is 21.7. The molecule has 0 aliphatic rings. The van der Waals surface area contributed by atoms with Crippen molar-refractivity contribution in [3.63, 3.8) is 0 Å². The van der Waals surface area contributed by atoms with E-state index in [4.69, 9.17) is 18.9 Å². The van der Waals surface area contributed by atoms with Crippen LogP contribution in [-0.4, -0.2) is 44.1 Å². The number of carbonyl (C=O) groups is 1. The predicted molar refractivity (Wildman–Crippen MR) is 106 cm³/mol. The average Bonchev–Trinajstić information content (AvgIpc) is 2.72. The smallest absolute Gasteiger partial charge is 0.335 e. The Hall–Kier alpha value is -2.57. The molecule has 1 N–H and O–H groups in total. The van der Waals surface area contributed by atoms with Crippen molar-refractivity contribution in [3.05, 3.63) is 59.7 Å². The number of ether oxygens (including phenoxy) is 4. The molecule has 0 bridgehead atoms. The lowest BCUT2D eigenvalue weighted by Crippen LogP contribution is -2.28. The van der Waals surface area contributed by atoms with Crippen LogP contribution in [0.15, 0.2) is 48.5 Å². The largest absolute Gasteiger partial charge is 0.497 e. The first-order valence-electron chi connectivity index (χ1n) is 9.39. The van der Waals surface area contributed by atoms with Crippen molar-refractivity contribution in [1.82, 2.24) is 0 Å². The Morgan fingerprint density at radius 2 is 1.79 bits per heavy atom. The molecule has 2 aromatic rings. The van der Waals surface area contributed by atoms with Gasteiger partial charge in [0.15, 0.2) is 6.10 Å². The molecular formula is C22H28O6. The summed E-state index contributed by atoms with van der Waals surface area (Å²) in [6.07, 6.45) is -0.952. The molecule has 0 aromatic heterocycles. The monoisotopic (exact) mass is 388 g/mol. The minimum atomic E-state index is -0.763. The van der Waals surface area contributed by atoms with E-state index in [9.17, 15) is 9.90 Å².